The van der Waals surface area contributed by atoms with Crippen LogP contribution in [0.2, 0.25) is 5.02 Å². The lowest BCUT2D eigenvalue weighted by Crippen LogP contribution is -2.13. The maximum Gasteiger partial charge on any atom is 0.387 e. The van der Waals surface area contributed by atoms with Gasteiger partial charge in [0.05, 0.1) is 16.7 Å². The Morgan fingerprint density at radius 1 is 1.07 bits per heavy atom. The van der Waals surface area contributed by atoms with Crippen LogP contribution in [0, 0.1) is 0 Å². The zero-order chi connectivity index (χ0) is 20.4. The largest absolute Gasteiger partial charge is 0.435 e. The van der Waals surface area contributed by atoms with Gasteiger partial charge in [-0.3, -0.25) is 4.79 Å². The van der Waals surface area contributed by atoms with Crippen LogP contribution in [-0.2, 0) is 0 Å². The molecule has 0 atom stereocenters. The van der Waals surface area contributed by atoms with Crippen molar-refractivity contribution in [2.24, 2.45) is 0 Å². The number of halogens is 3. The lowest BCUT2D eigenvalue weighted by molar-refractivity contribution is -0.0498. The van der Waals surface area contributed by atoms with E-state index in [2.05, 4.69) is 20.0 Å². The van der Waals surface area contributed by atoms with Gasteiger partial charge in [-0.25, -0.2) is 4.98 Å². The smallest absolute Gasteiger partial charge is 0.387 e. The van der Waals surface area contributed by atoms with E-state index in [1.165, 1.54) is 24.3 Å². The van der Waals surface area contributed by atoms with Crippen LogP contribution in [0.4, 0.5) is 14.5 Å². The summed E-state index contributed by atoms with van der Waals surface area (Å²) in [4.78, 5) is 20.4. The third kappa shape index (κ3) is 4.20. The van der Waals surface area contributed by atoms with Crippen molar-refractivity contribution in [3.05, 3.63) is 77.3 Å². The van der Waals surface area contributed by atoms with E-state index < -0.39 is 12.5 Å². The summed E-state index contributed by atoms with van der Waals surface area (Å²) in [6.45, 7) is -2.92. The molecule has 0 radical (unpaired) electrons. The molecule has 2 N–H and O–H groups in total. The molecule has 0 aliphatic heterocycles. The summed E-state index contributed by atoms with van der Waals surface area (Å²) in [6, 6.07) is 18.0. The second kappa shape index (κ2) is 7.89. The number of ether oxygens (including phenoxy) is 1. The van der Waals surface area contributed by atoms with Gasteiger partial charge in [0.2, 0.25) is 0 Å². The Hall–Kier alpha value is -3.45. The first-order valence-corrected chi connectivity index (χ1v) is 8.98. The van der Waals surface area contributed by atoms with E-state index in [0.29, 0.717) is 22.1 Å². The number of carbonyl (C=O) groups is 1. The van der Waals surface area contributed by atoms with Crippen molar-refractivity contribution in [1.82, 2.24) is 9.97 Å². The monoisotopic (exact) mass is 413 g/mol. The molecule has 5 nitrogen and oxygen atoms in total. The van der Waals surface area contributed by atoms with E-state index in [4.69, 9.17) is 11.6 Å². The lowest BCUT2D eigenvalue weighted by Gasteiger charge is -2.11. The number of benzene rings is 3. The van der Waals surface area contributed by atoms with Gasteiger partial charge in [-0.15, -0.1) is 0 Å². The molecule has 0 bridgehead atoms. The van der Waals surface area contributed by atoms with Crippen molar-refractivity contribution in [1.29, 1.82) is 0 Å². The van der Waals surface area contributed by atoms with Gasteiger partial charge in [-0.05, 0) is 54.6 Å². The molecule has 4 aromatic rings. The molecule has 0 aliphatic carbocycles. The third-order valence-corrected chi connectivity index (χ3v) is 4.45. The fourth-order valence-electron chi connectivity index (χ4n) is 2.88. The van der Waals surface area contributed by atoms with Crippen LogP contribution in [-0.4, -0.2) is 22.5 Å². The molecule has 0 saturated carbocycles. The van der Waals surface area contributed by atoms with Crippen molar-refractivity contribution in [2.75, 3.05) is 5.32 Å². The third-order valence-electron chi connectivity index (χ3n) is 4.22. The number of fused-ring (bicyclic) bond motifs is 1. The Morgan fingerprint density at radius 3 is 2.55 bits per heavy atom. The zero-order valence-corrected chi connectivity index (χ0v) is 15.6. The minimum absolute atomic E-state index is 0.0222. The van der Waals surface area contributed by atoms with Gasteiger partial charge in [0.1, 0.15) is 11.6 Å². The molecule has 0 saturated heterocycles. The summed E-state index contributed by atoms with van der Waals surface area (Å²) in [5.74, 6) is 0.129. The van der Waals surface area contributed by atoms with Crippen LogP contribution in [0.5, 0.6) is 5.75 Å². The minimum Gasteiger partial charge on any atom is -0.435 e. The summed E-state index contributed by atoms with van der Waals surface area (Å²) in [5, 5.41) is 3.30. The van der Waals surface area contributed by atoms with Gasteiger partial charge in [0, 0.05) is 16.1 Å². The van der Waals surface area contributed by atoms with Gasteiger partial charge < -0.3 is 15.0 Å². The number of H-pyrrole nitrogens is 1. The second-order valence-corrected chi connectivity index (χ2v) is 6.59. The van der Waals surface area contributed by atoms with Crippen LogP contribution in [0.3, 0.4) is 0 Å². The summed E-state index contributed by atoms with van der Waals surface area (Å²) < 4.78 is 28.8. The van der Waals surface area contributed by atoms with Crippen LogP contribution in [0.1, 0.15) is 10.4 Å². The first kappa shape index (κ1) is 18.9. The SMILES string of the molecule is O=C(Nc1ccc(Cl)cc1-c1nc2ccccc2[nH]1)c1ccc(OC(F)F)cc1. The number of aromatic amines is 1. The Balaban J connectivity index is 1.62. The number of hydrogen-bond acceptors (Lipinski definition) is 3. The van der Waals surface area contributed by atoms with Crippen molar-refractivity contribution < 1.29 is 18.3 Å². The number of carbonyl (C=O) groups excluding carboxylic acids is 1. The topological polar surface area (TPSA) is 67.0 Å². The number of nitrogens with zero attached hydrogens (tertiary/aromatic N) is 1. The molecule has 1 aromatic heterocycles. The number of imidazole rings is 1. The molecule has 29 heavy (non-hydrogen) atoms. The van der Waals surface area contributed by atoms with Gasteiger partial charge in [-0.1, -0.05) is 23.7 Å². The highest BCUT2D eigenvalue weighted by Gasteiger charge is 2.14. The van der Waals surface area contributed by atoms with E-state index in [1.54, 1.807) is 18.2 Å². The maximum atomic E-state index is 12.6. The van der Waals surface area contributed by atoms with Crippen molar-refractivity contribution in [3.8, 4) is 17.1 Å². The van der Waals surface area contributed by atoms with E-state index in [9.17, 15) is 13.6 Å². The first-order chi connectivity index (χ1) is 14.0. The number of para-hydroxylation sites is 2. The van der Waals surface area contributed by atoms with Gasteiger partial charge in [0.15, 0.2) is 0 Å². The Labute approximate surface area is 169 Å². The number of aromatic nitrogens is 2. The Bertz CT molecular complexity index is 1140. The maximum absolute atomic E-state index is 12.6. The van der Waals surface area contributed by atoms with E-state index >= 15 is 0 Å². The molecule has 0 unspecified atom stereocenters. The Kier molecular flexibility index (Phi) is 5.14. The fraction of sp³-hybridized carbons (Fsp3) is 0.0476. The first-order valence-electron chi connectivity index (χ1n) is 8.60. The number of nitrogens with one attached hydrogen (secondary N) is 2. The van der Waals surface area contributed by atoms with Crippen molar-refractivity contribution >= 4 is 34.2 Å². The predicted octanol–water partition coefficient (Wildman–Crippen LogP) is 5.74. The summed E-state index contributed by atoms with van der Waals surface area (Å²) >= 11 is 6.15. The van der Waals surface area contributed by atoms with E-state index in [1.807, 2.05) is 24.3 Å². The highest BCUT2D eigenvalue weighted by Crippen LogP contribution is 2.31. The van der Waals surface area contributed by atoms with Crippen LogP contribution in [0.15, 0.2) is 66.7 Å². The summed E-state index contributed by atoms with van der Waals surface area (Å²) in [6.07, 6.45) is 0. The zero-order valence-electron chi connectivity index (χ0n) is 14.8. The molecule has 0 fully saturated rings. The number of rotatable bonds is 5. The average Bonchev–Trinajstić information content (AvgIpc) is 3.13. The van der Waals surface area contributed by atoms with Crippen molar-refractivity contribution in [3.63, 3.8) is 0 Å². The summed E-state index contributed by atoms with van der Waals surface area (Å²) in [7, 11) is 0. The van der Waals surface area contributed by atoms with Gasteiger partial charge >= 0.3 is 6.61 Å². The standard InChI is InChI=1S/C21H14ClF2N3O2/c22-13-7-10-16(15(11-13)19-25-17-3-1-2-4-18(17)26-19)27-20(28)12-5-8-14(9-6-12)29-21(23)24/h1-11,21H,(H,25,26)(H,27,28). The number of amides is 1. The highest BCUT2D eigenvalue weighted by molar-refractivity contribution is 6.31. The molecule has 8 heteroatoms. The Morgan fingerprint density at radius 2 is 1.83 bits per heavy atom. The molecule has 0 aliphatic rings. The second-order valence-electron chi connectivity index (χ2n) is 6.15. The summed E-state index contributed by atoms with van der Waals surface area (Å²) in [5.41, 5.74) is 3.06. The molecule has 1 amide bonds. The molecule has 0 spiro atoms. The minimum atomic E-state index is -2.92. The number of alkyl halides is 2. The fourth-order valence-corrected chi connectivity index (χ4v) is 3.06. The number of anilines is 1. The molecule has 3 aromatic carbocycles. The van der Waals surface area contributed by atoms with Gasteiger partial charge in [0.25, 0.3) is 5.91 Å². The van der Waals surface area contributed by atoms with E-state index in [-0.39, 0.29) is 11.3 Å². The average molecular weight is 414 g/mol. The molecular weight excluding hydrogens is 400 g/mol. The normalized spacial score (nSPS) is 11.0. The van der Waals surface area contributed by atoms with Crippen LogP contribution in [0.25, 0.3) is 22.4 Å². The lowest BCUT2D eigenvalue weighted by atomic mass is 10.1. The molecule has 146 valence electrons. The number of hydrogen-bond donors (Lipinski definition) is 2. The highest BCUT2D eigenvalue weighted by atomic mass is 35.5. The predicted molar refractivity (Wildman–Crippen MR) is 108 cm³/mol. The quantitative estimate of drug-likeness (QED) is 0.438. The van der Waals surface area contributed by atoms with Crippen molar-refractivity contribution in [2.45, 2.75) is 6.61 Å². The van der Waals surface area contributed by atoms with E-state index in [0.717, 1.165) is 11.0 Å². The van der Waals surface area contributed by atoms with Crippen LogP contribution >= 0.6 is 11.6 Å². The molecule has 4 rings (SSSR count). The van der Waals surface area contributed by atoms with Crippen LogP contribution < -0.4 is 10.1 Å². The molecular formula is C21H14ClF2N3O2. The molecule has 1 heterocycles. The van der Waals surface area contributed by atoms with Gasteiger partial charge in [-0.2, -0.15) is 8.78 Å².